The smallest absolute Gasteiger partial charge is 0.217 e. The maximum Gasteiger partial charge on any atom is 0.217 e. The van der Waals surface area contributed by atoms with E-state index in [1.807, 2.05) is 12.1 Å². The molecule has 104 valence electrons. The van der Waals surface area contributed by atoms with Crippen molar-refractivity contribution in [2.24, 2.45) is 0 Å². The predicted molar refractivity (Wildman–Crippen MR) is 75.5 cm³/mol. The van der Waals surface area contributed by atoms with Crippen LogP contribution in [-0.4, -0.2) is 44.1 Å². The highest BCUT2D eigenvalue weighted by Crippen LogP contribution is 2.27. The van der Waals surface area contributed by atoms with Crippen LogP contribution in [0.15, 0.2) is 24.3 Å². The van der Waals surface area contributed by atoms with Crippen molar-refractivity contribution >= 4 is 5.91 Å². The standard InChI is InChI=1S/C15H22N2O2/c1-11(18)16-14-8-13(9-17(2)10-14)12-4-6-15(19-3)7-5-12/h4-7,13-14H,8-10H2,1-3H3,(H,16,18). The Morgan fingerprint density at radius 1 is 1.32 bits per heavy atom. The largest absolute Gasteiger partial charge is 0.497 e. The Morgan fingerprint density at radius 3 is 2.58 bits per heavy atom. The fraction of sp³-hybridized carbons (Fsp3) is 0.533. The van der Waals surface area contributed by atoms with Gasteiger partial charge in [0.25, 0.3) is 0 Å². The van der Waals surface area contributed by atoms with E-state index in [4.69, 9.17) is 4.74 Å². The number of methoxy groups -OCH3 is 1. The zero-order valence-corrected chi connectivity index (χ0v) is 11.8. The molecule has 19 heavy (non-hydrogen) atoms. The number of ether oxygens (including phenoxy) is 1. The highest BCUT2D eigenvalue weighted by molar-refractivity contribution is 5.73. The van der Waals surface area contributed by atoms with E-state index in [0.29, 0.717) is 5.92 Å². The summed E-state index contributed by atoms with van der Waals surface area (Å²) in [4.78, 5) is 13.5. The highest BCUT2D eigenvalue weighted by atomic mass is 16.5. The maximum absolute atomic E-state index is 11.2. The summed E-state index contributed by atoms with van der Waals surface area (Å²) >= 11 is 0. The number of carbonyl (C=O) groups excluding carboxylic acids is 1. The number of nitrogens with zero attached hydrogens (tertiary/aromatic N) is 1. The van der Waals surface area contributed by atoms with Crippen LogP contribution in [0.5, 0.6) is 5.75 Å². The zero-order chi connectivity index (χ0) is 13.8. The minimum Gasteiger partial charge on any atom is -0.497 e. The molecule has 0 aliphatic carbocycles. The molecule has 1 aromatic carbocycles. The van der Waals surface area contributed by atoms with E-state index < -0.39 is 0 Å². The van der Waals surface area contributed by atoms with E-state index >= 15 is 0 Å². The Morgan fingerprint density at radius 2 is 2.00 bits per heavy atom. The summed E-state index contributed by atoms with van der Waals surface area (Å²) in [7, 11) is 3.78. The number of benzene rings is 1. The average molecular weight is 262 g/mol. The molecule has 4 nitrogen and oxygen atoms in total. The summed E-state index contributed by atoms with van der Waals surface area (Å²) in [6, 6.07) is 8.47. The summed E-state index contributed by atoms with van der Waals surface area (Å²) in [6.45, 7) is 3.53. The molecule has 1 heterocycles. The van der Waals surface area contributed by atoms with Gasteiger partial charge in [-0.1, -0.05) is 12.1 Å². The van der Waals surface area contributed by atoms with Gasteiger partial charge in [-0.15, -0.1) is 0 Å². The summed E-state index contributed by atoms with van der Waals surface area (Å²) in [5.41, 5.74) is 1.31. The van der Waals surface area contributed by atoms with Crippen LogP contribution in [0.1, 0.15) is 24.8 Å². The van der Waals surface area contributed by atoms with Crippen LogP contribution in [-0.2, 0) is 4.79 Å². The molecule has 1 aliphatic rings. The van der Waals surface area contributed by atoms with E-state index in [9.17, 15) is 4.79 Å². The number of hydrogen-bond acceptors (Lipinski definition) is 3. The number of hydrogen-bond donors (Lipinski definition) is 1. The predicted octanol–water partition coefficient (Wildman–Crippen LogP) is 1.62. The molecule has 2 unspecified atom stereocenters. The Kier molecular flexibility index (Phi) is 4.43. The normalized spacial score (nSPS) is 23.9. The van der Waals surface area contributed by atoms with Gasteiger partial charge in [-0.25, -0.2) is 0 Å². The van der Waals surface area contributed by atoms with Crippen molar-refractivity contribution in [2.45, 2.75) is 25.3 Å². The number of amides is 1. The van der Waals surface area contributed by atoms with Crippen LogP contribution < -0.4 is 10.1 Å². The molecule has 1 amide bonds. The summed E-state index contributed by atoms with van der Waals surface area (Å²) < 4.78 is 5.18. The van der Waals surface area contributed by atoms with Gasteiger partial charge < -0.3 is 15.0 Å². The van der Waals surface area contributed by atoms with Gasteiger partial charge in [0.1, 0.15) is 5.75 Å². The molecular formula is C15H22N2O2. The third kappa shape index (κ3) is 3.70. The van der Waals surface area contributed by atoms with E-state index in [0.717, 1.165) is 25.3 Å². The van der Waals surface area contributed by atoms with Crippen LogP contribution in [0, 0.1) is 0 Å². The van der Waals surface area contributed by atoms with Crippen LogP contribution in [0.2, 0.25) is 0 Å². The Labute approximate surface area is 114 Å². The fourth-order valence-electron chi connectivity index (χ4n) is 2.83. The first-order valence-corrected chi connectivity index (χ1v) is 6.68. The van der Waals surface area contributed by atoms with Crippen LogP contribution in [0.25, 0.3) is 0 Å². The minimum absolute atomic E-state index is 0.0498. The second-order valence-electron chi connectivity index (χ2n) is 5.32. The van der Waals surface area contributed by atoms with Crippen molar-refractivity contribution in [1.82, 2.24) is 10.2 Å². The lowest BCUT2D eigenvalue weighted by atomic mass is 9.88. The molecule has 0 radical (unpaired) electrons. The molecule has 0 saturated carbocycles. The zero-order valence-electron chi connectivity index (χ0n) is 11.8. The van der Waals surface area contributed by atoms with Gasteiger partial charge in [0, 0.05) is 26.1 Å². The lowest BCUT2D eigenvalue weighted by molar-refractivity contribution is -0.120. The van der Waals surface area contributed by atoms with Crippen molar-refractivity contribution in [3.8, 4) is 5.75 Å². The van der Waals surface area contributed by atoms with Crippen molar-refractivity contribution in [3.63, 3.8) is 0 Å². The Balaban J connectivity index is 2.07. The summed E-state index contributed by atoms with van der Waals surface area (Å²) in [5, 5.41) is 3.03. The van der Waals surface area contributed by atoms with Gasteiger partial charge in [-0.3, -0.25) is 4.79 Å². The molecule has 1 aromatic rings. The van der Waals surface area contributed by atoms with Gasteiger partial charge in [0.15, 0.2) is 0 Å². The lowest BCUT2D eigenvalue weighted by Gasteiger charge is -2.36. The first-order valence-electron chi connectivity index (χ1n) is 6.68. The van der Waals surface area contributed by atoms with Gasteiger partial charge >= 0.3 is 0 Å². The van der Waals surface area contributed by atoms with Gasteiger partial charge in [0.2, 0.25) is 5.91 Å². The Hall–Kier alpha value is -1.55. The van der Waals surface area contributed by atoms with E-state index in [2.05, 4.69) is 29.4 Å². The first-order chi connectivity index (χ1) is 9.08. The SMILES string of the molecule is COc1ccc(C2CC(NC(C)=O)CN(C)C2)cc1. The number of carbonyl (C=O) groups is 1. The van der Waals surface area contributed by atoms with Crippen molar-refractivity contribution in [2.75, 3.05) is 27.2 Å². The third-order valence-corrected chi connectivity index (χ3v) is 3.63. The molecule has 1 fully saturated rings. The number of piperidine rings is 1. The van der Waals surface area contributed by atoms with Gasteiger partial charge in [0.05, 0.1) is 7.11 Å². The Bertz CT molecular complexity index is 430. The van der Waals surface area contributed by atoms with Crippen molar-refractivity contribution in [1.29, 1.82) is 0 Å². The maximum atomic E-state index is 11.2. The van der Waals surface area contributed by atoms with Crippen LogP contribution in [0.4, 0.5) is 0 Å². The highest BCUT2D eigenvalue weighted by Gasteiger charge is 2.26. The minimum atomic E-state index is 0.0498. The second-order valence-corrected chi connectivity index (χ2v) is 5.32. The molecule has 1 N–H and O–H groups in total. The van der Waals surface area contributed by atoms with Crippen molar-refractivity contribution in [3.05, 3.63) is 29.8 Å². The molecule has 1 aliphatic heterocycles. The second kappa shape index (κ2) is 6.06. The van der Waals surface area contributed by atoms with Gasteiger partial charge in [-0.2, -0.15) is 0 Å². The summed E-state index contributed by atoms with van der Waals surface area (Å²) in [5.74, 6) is 1.39. The fourth-order valence-corrected chi connectivity index (χ4v) is 2.83. The topological polar surface area (TPSA) is 41.6 Å². The summed E-state index contributed by atoms with van der Waals surface area (Å²) in [6.07, 6.45) is 0.996. The molecule has 0 aromatic heterocycles. The van der Waals surface area contributed by atoms with E-state index in [-0.39, 0.29) is 11.9 Å². The van der Waals surface area contributed by atoms with E-state index in [1.165, 1.54) is 5.56 Å². The molecular weight excluding hydrogens is 240 g/mol. The van der Waals surface area contributed by atoms with Crippen LogP contribution in [0.3, 0.4) is 0 Å². The molecule has 0 bridgehead atoms. The molecule has 0 spiro atoms. The van der Waals surface area contributed by atoms with Crippen LogP contribution >= 0.6 is 0 Å². The van der Waals surface area contributed by atoms with E-state index in [1.54, 1.807) is 14.0 Å². The first kappa shape index (κ1) is 13.9. The molecule has 2 atom stereocenters. The number of nitrogens with one attached hydrogen (secondary N) is 1. The lowest BCUT2D eigenvalue weighted by Crippen LogP contribution is -2.48. The third-order valence-electron chi connectivity index (χ3n) is 3.63. The number of likely N-dealkylation sites (tertiary alicyclic amines) is 1. The molecule has 2 rings (SSSR count). The number of rotatable bonds is 3. The molecule has 1 saturated heterocycles. The quantitative estimate of drug-likeness (QED) is 0.900. The van der Waals surface area contributed by atoms with Gasteiger partial charge in [-0.05, 0) is 37.1 Å². The monoisotopic (exact) mass is 262 g/mol. The number of likely N-dealkylation sites (N-methyl/N-ethyl adjacent to an activating group) is 1. The van der Waals surface area contributed by atoms with Crippen molar-refractivity contribution < 1.29 is 9.53 Å². The average Bonchev–Trinajstić information content (AvgIpc) is 2.37. The molecule has 4 heteroatoms.